The molecule has 0 aliphatic rings. The van der Waals surface area contributed by atoms with Crippen LogP contribution in [0.3, 0.4) is 0 Å². The van der Waals surface area contributed by atoms with Crippen molar-refractivity contribution >= 4 is 65.6 Å². The number of fused-ring (bicyclic) bond motifs is 10. The molecule has 51 heavy (non-hydrogen) atoms. The minimum atomic E-state index is 0.910. The van der Waals surface area contributed by atoms with Gasteiger partial charge in [0.05, 0.1) is 27.5 Å². The van der Waals surface area contributed by atoms with E-state index in [1.165, 1.54) is 49.4 Å². The first kappa shape index (κ1) is 28.0. The normalized spacial score (nSPS) is 11.9. The van der Waals surface area contributed by atoms with E-state index in [-0.39, 0.29) is 0 Å². The Hall–Kier alpha value is -6.84. The number of para-hydroxylation sites is 3. The number of benzene rings is 8. The molecule has 0 saturated carbocycles. The van der Waals surface area contributed by atoms with Gasteiger partial charge in [0, 0.05) is 38.3 Å². The topological polar surface area (TPSA) is 23.0 Å². The van der Waals surface area contributed by atoms with E-state index >= 15 is 0 Å². The second-order valence-electron chi connectivity index (χ2n) is 13.3. The van der Waals surface area contributed by atoms with E-state index in [1.807, 2.05) is 6.07 Å². The lowest BCUT2D eigenvalue weighted by atomic mass is 10.00. The van der Waals surface area contributed by atoms with Gasteiger partial charge in [0.2, 0.25) is 0 Å². The average molecular weight is 651 g/mol. The second-order valence-corrected chi connectivity index (χ2v) is 13.3. The van der Waals surface area contributed by atoms with Crippen LogP contribution in [0.4, 0.5) is 0 Å². The fourth-order valence-electron chi connectivity index (χ4n) is 8.19. The molecule has 11 aromatic rings. The summed E-state index contributed by atoms with van der Waals surface area (Å²) in [6, 6.07) is 65.4. The third kappa shape index (κ3) is 4.19. The first-order chi connectivity index (χ1) is 25.3. The maximum Gasteiger partial charge on any atom is 0.145 e. The third-order valence-electron chi connectivity index (χ3n) is 10.5. The third-order valence-corrected chi connectivity index (χ3v) is 10.5. The van der Waals surface area contributed by atoms with Crippen LogP contribution in [0.2, 0.25) is 0 Å². The van der Waals surface area contributed by atoms with E-state index in [2.05, 4.69) is 185 Å². The van der Waals surface area contributed by atoms with Crippen molar-refractivity contribution in [3.63, 3.8) is 0 Å². The summed E-state index contributed by atoms with van der Waals surface area (Å²) in [5.41, 5.74) is 13.5. The molecular formula is C48H30N2O. The van der Waals surface area contributed by atoms with Crippen molar-refractivity contribution < 1.29 is 4.42 Å². The highest BCUT2D eigenvalue weighted by atomic mass is 16.3. The number of aromatic nitrogens is 2. The van der Waals surface area contributed by atoms with Crippen LogP contribution in [0.25, 0.3) is 99.2 Å². The SMILES string of the molecule is c1ccc(-c2ccc(-c3cccc(-n4c5ccccc5c5cc6c7c8oc9ccccc9c8ccc7n(-c7ccccc7)c6cc54)c3)cc2)cc1. The molecule has 0 unspecified atom stereocenters. The Kier molecular flexibility index (Phi) is 5.96. The standard InChI is InChI=1S/C48H30N2O/c1-3-12-31(13-4-1)32-22-24-33(25-23-32)34-14-11-17-36(28-34)50-42-20-9-7-18-37(42)40-29-41-45(30-44(40)50)49(35-15-5-2-6-16-35)43-27-26-39-38-19-8-10-21-46(38)51-48(39)47(41)43/h1-30H. The van der Waals surface area contributed by atoms with Gasteiger partial charge in [-0.3, -0.25) is 0 Å². The van der Waals surface area contributed by atoms with Gasteiger partial charge in [0.1, 0.15) is 11.2 Å². The van der Waals surface area contributed by atoms with E-state index in [9.17, 15) is 0 Å². The molecule has 3 heterocycles. The average Bonchev–Trinajstić information content (AvgIpc) is 3.85. The van der Waals surface area contributed by atoms with Gasteiger partial charge >= 0.3 is 0 Å². The molecule has 0 amide bonds. The van der Waals surface area contributed by atoms with Gasteiger partial charge < -0.3 is 13.6 Å². The second kappa shape index (κ2) is 10.8. The summed E-state index contributed by atoms with van der Waals surface area (Å²) >= 11 is 0. The molecule has 0 saturated heterocycles. The van der Waals surface area contributed by atoms with Crippen LogP contribution in [-0.4, -0.2) is 9.13 Å². The van der Waals surface area contributed by atoms with Crippen LogP contribution in [0, 0.1) is 0 Å². The van der Waals surface area contributed by atoms with Gasteiger partial charge in [-0.15, -0.1) is 0 Å². The van der Waals surface area contributed by atoms with Gasteiger partial charge in [-0.1, -0.05) is 121 Å². The Morgan fingerprint density at radius 3 is 1.75 bits per heavy atom. The minimum absolute atomic E-state index is 0.910. The Bertz CT molecular complexity index is 3110. The van der Waals surface area contributed by atoms with Crippen molar-refractivity contribution in [3.05, 3.63) is 182 Å². The molecule has 3 nitrogen and oxygen atoms in total. The van der Waals surface area contributed by atoms with Crippen LogP contribution in [0.1, 0.15) is 0 Å². The number of rotatable bonds is 4. The summed E-state index contributed by atoms with van der Waals surface area (Å²) in [7, 11) is 0. The molecule has 238 valence electrons. The van der Waals surface area contributed by atoms with E-state index < -0.39 is 0 Å². The molecule has 0 fully saturated rings. The summed E-state index contributed by atoms with van der Waals surface area (Å²) in [6.07, 6.45) is 0. The zero-order chi connectivity index (χ0) is 33.5. The van der Waals surface area contributed by atoms with Crippen LogP contribution in [-0.2, 0) is 0 Å². The highest BCUT2D eigenvalue weighted by Crippen LogP contribution is 2.44. The van der Waals surface area contributed by atoms with Gasteiger partial charge in [0.25, 0.3) is 0 Å². The van der Waals surface area contributed by atoms with Crippen LogP contribution >= 0.6 is 0 Å². The van der Waals surface area contributed by atoms with E-state index in [0.717, 1.165) is 49.7 Å². The van der Waals surface area contributed by atoms with Crippen LogP contribution < -0.4 is 0 Å². The summed E-state index contributed by atoms with van der Waals surface area (Å²) in [5, 5.41) is 7.05. The molecule has 3 aromatic heterocycles. The van der Waals surface area contributed by atoms with Crippen molar-refractivity contribution in [2.24, 2.45) is 0 Å². The number of furan rings is 1. The van der Waals surface area contributed by atoms with Gasteiger partial charge in [-0.25, -0.2) is 0 Å². The lowest BCUT2D eigenvalue weighted by Gasteiger charge is -2.12. The molecule has 0 bridgehead atoms. The molecule has 3 heteroatoms. The Morgan fingerprint density at radius 2 is 0.922 bits per heavy atom. The Balaban J connectivity index is 1.18. The maximum absolute atomic E-state index is 6.67. The largest absolute Gasteiger partial charge is 0.455 e. The van der Waals surface area contributed by atoms with Gasteiger partial charge in [0.15, 0.2) is 0 Å². The zero-order valence-corrected chi connectivity index (χ0v) is 27.6. The van der Waals surface area contributed by atoms with Gasteiger partial charge in [-0.05, 0) is 82.9 Å². The summed E-state index contributed by atoms with van der Waals surface area (Å²) < 4.78 is 11.5. The van der Waals surface area contributed by atoms with Crippen molar-refractivity contribution in [1.82, 2.24) is 9.13 Å². The molecular weight excluding hydrogens is 621 g/mol. The molecule has 0 aliphatic carbocycles. The molecule has 0 N–H and O–H groups in total. The smallest absolute Gasteiger partial charge is 0.145 e. The first-order valence-corrected chi connectivity index (χ1v) is 17.4. The Labute approximate surface area is 293 Å². The van der Waals surface area contributed by atoms with Crippen molar-refractivity contribution in [3.8, 4) is 33.6 Å². The van der Waals surface area contributed by atoms with E-state index in [1.54, 1.807) is 0 Å². The molecule has 0 spiro atoms. The summed E-state index contributed by atoms with van der Waals surface area (Å²) in [4.78, 5) is 0. The van der Waals surface area contributed by atoms with Crippen LogP contribution in [0.5, 0.6) is 0 Å². The predicted molar refractivity (Wildman–Crippen MR) is 213 cm³/mol. The molecule has 0 atom stereocenters. The fraction of sp³-hybridized carbons (Fsp3) is 0. The quantitative estimate of drug-likeness (QED) is 0.186. The first-order valence-electron chi connectivity index (χ1n) is 17.4. The minimum Gasteiger partial charge on any atom is -0.455 e. The van der Waals surface area contributed by atoms with Crippen molar-refractivity contribution in [2.45, 2.75) is 0 Å². The fourth-order valence-corrected chi connectivity index (χ4v) is 8.19. The summed E-state index contributed by atoms with van der Waals surface area (Å²) in [6.45, 7) is 0. The molecule has 0 radical (unpaired) electrons. The number of nitrogens with zero attached hydrogens (tertiary/aromatic N) is 2. The maximum atomic E-state index is 6.67. The van der Waals surface area contributed by atoms with Gasteiger partial charge in [-0.2, -0.15) is 0 Å². The zero-order valence-electron chi connectivity index (χ0n) is 27.6. The molecule has 0 aliphatic heterocycles. The lowest BCUT2D eigenvalue weighted by molar-refractivity contribution is 0.673. The molecule has 11 rings (SSSR count). The Morgan fingerprint density at radius 1 is 0.314 bits per heavy atom. The molecule has 8 aromatic carbocycles. The number of hydrogen-bond acceptors (Lipinski definition) is 1. The predicted octanol–water partition coefficient (Wildman–Crippen LogP) is 13.1. The van der Waals surface area contributed by atoms with E-state index in [4.69, 9.17) is 4.42 Å². The van der Waals surface area contributed by atoms with E-state index in [0.29, 0.717) is 0 Å². The van der Waals surface area contributed by atoms with Crippen molar-refractivity contribution in [1.29, 1.82) is 0 Å². The monoisotopic (exact) mass is 650 g/mol. The van der Waals surface area contributed by atoms with Crippen molar-refractivity contribution in [2.75, 3.05) is 0 Å². The lowest BCUT2D eigenvalue weighted by Crippen LogP contribution is -1.96. The summed E-state index contributed by atoms with van der Waals surface area (Å²) in [5.74, 6) is 0. The van der Waals surface area contributed by atoms with Crippen LogP contribution in [0.15, 0.2) is 186 Å². The number of hydrogen-bond donors (Lipinski definition) is 0. The highest BCUT2D eigenvalue weighted by Gasteiger charge is 2.22. The highest BCUT2D eigenvalue weighted by molar-refractivity contribution is 6.26.